The molecule has 28 heavy (non-hydrogen) atoms. The average Bonchev–Trinajstić information content (AvgIpc) is 2.75. The van der Waals surface area contributed by atoms with Crippen molar-refractivity contribution in [1.82, 2.24) is 0 Å². The third-order valence-corrected chi connectivity index (χ3v) is 5.24. The molecular weight excluding hydrogens is 347 g/mol. The third-order valence-electron chi connectivity index (χ3n) is 5.24. The molecule has 144 valence electrons. The van der Waals surface area contributed by atoms with Crippen LogP contribution in [-0.4, -0.2) is 17.4 Å². The van der Waals surface area contributed by atoms with E-state index in [0.717, 1.165) is 36.0 Å². The van der Waals surface area contributed by atoms with Crippen molar-refractivity contribution in [3.8, 4) is 0 Å². The van der Waals surface area contributed by atoms with E-state index in [9.17, 15) is 10.0 Å². The number of hydrogen-bond acceptors (Lipinski definition) is 3. The van der Waals surface area contributed by atoms with Crippen molar-refractivity contribution in [2.24, 2.45) is 0 Å². The van der Waals surface area contributed by atoms with E-state index in [4.69, 9.17) is 4.65 Å². The van der Waals surface area contributed by atoms with Crippen LogP contribution in [0.3, 0.4) is 0 Å². The molecule has 0 aliphatic rings. The first-order valence-corrected chi connectivity index (χ1v) is 9.88. The summed E-state index contributed by atoms with van der Waals surface area (Å²) in [4.78, 5) is 0. The average molecular weight is 374 g/mol. The first-order valence-electron chi connectivity index (χ1n) is 9.88. The predicted molar refractivity (Wildman–Crippen MR) is 114 cm³/mol. The Labute approximate surface area is 167 Å². The summed E-state index contributed by atoms with van der Waals surface area (Å²) in [5, 5.41) is 19.9. The molecular formula is C24H27BO3. The van der Waals surface area contributed by atoms with Crippen molar-refractivity contribution in [1.29, 1.82) is 0 Å². The highest BCUT2D eigenvalue weighted by Gasteiger charge is 2.46. The molecule has 2 N–H and O–H groups in total. The third kappa shape index (κ3) is 4.36. The molecule has 1 unspecified atom stereocenters. The van der Waals surface area contributed by atoms with Crippen LogP contribution in [0.4, 0.5) is 0 Å². The molecule has 0 aromatic heterocycles. The molecule has 0 saturated heterocycles. The molecule has 3 aromatic carbocycles. The summed E-state index contributed by atoms with van der Waals surface area (Å²) in [7, 11) is -1.90. The smallest absolute Gasteiger partial charge is 0.402 e. The number of unbranched alkanes of at least 4 members (excludes halogenated alkanes) is 1. The zero-order valence-corrected chi connectivity index (χ0v) is 16.2. The molecule has 4 heteroatoms. The molecule has 0 amide bonds. The molecule has 1 atom stereocenters. The molecule has 0 aliphatic carbocycles. The summed E-state index contributed by atoms with van der Waals surface area (Å²) in [6.45, 7) is 2.16. The van der Waals surface area contributed by atoms with Gasteiger partial charge in [-0.05, 0) is 23.1 Å². The zero-order chi connectivity index (χ0) is 19.8. The van der Waals surface area contributed by atoms with E-state index < -0.39 is 12.9 Å². The molecule has 0 spiro atoms. The van der Waals surface area contributed by atoms with Gasteiger partial charge in [0.15, 0.2) is 0 Å². The molecule has 3 nitrogen and oxygen atoms in total. The maximum Gasteiger partial charge on any atom is 0.634 e. The highest BCUT2D eigenvalue weighted by Crippen LogP contribution is 2.48. The Morgan fingerprint density at radius 2 is 1.25 bits per heavy atom. The Hall–Kier alpha value is -2.40. The molecule has 0 aliphatic heterocycles. The SMILES string of the molecule is CCCCC(c1ccccc1)C(OB(O)O)(c1ccccc1)c1ccccc1. The first-order chi connectivity index (χ1) is 13.7. The number of benzene rings is 3. The van der Waals surface area contributed by atoms with E-state index in [0.29, 0.717) is 0 Å². The monoisotopic (exact) mass is 374 g/mol. The van der Waals surface area contributed by atoms with Crippen LogP contribution in [0.1, 0.15) is 48.8 Å². The van der Waals surface area contributed by atoms with Crippen LogP contribution >= 0.6 is 0 Å². The second-order valence-corrected chi connectivity index (χ2v) is 7.02. The Morgan fingerprint density at radius 1 is 0.786 bits per heavy atom. The normalized spacial score (nSPS) is 12.5. The van der Waals surface area contributed by atoms with Gasteiger partial charge in [0, 0.05) is 5.92 Å². The van der Waals surface area contributed by atoms with Crippen LogP contribution < -0.4 is 0 Å². The van der Waals surface area contributed by atoms with E-state index in [-0.39, 0.29) is 5.92 Å². The van der Waals surface area contributed by atoms with Crippen molar-refractivity contribution in [2.45, 2.75) is 37.7 Å². The highest BCUT2D eigenvalue weighted by molar-refractivity contribution is 6.32. The lowest BCUT2D eigenvalue weighted by Crippen LogP contribution is -2.43. The molecule has 3 aromatic rings. The molecule has 0 bridgehead atoms. The molecule has 0 saturated carbocycles. The largest absolute Gasteiger partial charge is 0.634 e. The predicted octanol–water partition coefficient (Wildman–Crippen LogP) is 4.89. The van der Waals surface area contributed by atoms with Gasteiger partial charge in [0.2, 0.25) is 0 Å². The maximum absolute atomic E-state index is 9.97. The van der Waals surface area contributed by atoms with Crippen LogP contribution in [0.15, 0.2) is 91.0 Å². The number of hydrogen-bond donors (Lipinski definition) is 2. The van der Waals surface area contributed by atoms with E-state index in [1.165, 1.54) is 0 Å². The van der Waals surface area contributed by atoms with Gasteiger partial charge < -0.3 is 14.7 Å². The van der Waals surface area contributed by atoms with Crippen LogP contribution in [0, 0.1) is 0 Å². The number of rotatable bonds is 9. The second kappa shape index (κ2) is 9.69. The Kier molecular flexibility index (Phi) is 7.04. The molecule has 3 rings (SSSR count). The fourth-order valence-corrected chi connectivity index (χ4v) is 4.02. The summed E-state index contributed by atoms with van der Waals surface area (Å²) in [6, 6.07) is 30.0. The van der Waals surface area contributed by atoms with E-state index in [2.05, 4.69) is 19.1 Å². The lowest BCUT2D eigenvalue weighted by Gasteiger charge is -2.42. The van der Waals surface area contributed by atoms with Crippen LogP contribution in [0.25, 0.3) is 0 Å². The van der Waals surface area contributed by atoms with Gasteiger partial charge in [-0.2, -0.15) is 0 Å². The summed E-state index contributed by atoms with van der Waals surface area (Å²) < 4.78 is 6.03. The van der Waals surface area contributed by atoms with Crippen molar-refractivity contribution in [3.63, 3.8) is 0 Å². The summed E-state index contributed by atoms with van der Waals surface area (Å²) >= 11 is 0. The maximum atomic E-state index is 9.97. The van der Waals surface area contributed by atoms with Gasteiger partial charge >= 0.3 is 7.32 Å². The fourth-order valence-electron chi connectivity index (χ4n) is 4.02. The lowest BCUT2D eigenvalue weighted by molar-refractivity contribution is 0.0223. The van der Waals surface area contributed by atoms with Crippen molar-refractivity contribution in [2.75, 3.05) is 0 Å². The van der Waals surface area contributed by atoms with Gasteiger partial charge in [0.1, 0.15) is 5.60 Å². The van der Waals surface area contributed by atoms with Gasteiger partial charge in [0.05, 0.1) is 0 Å². The minimum Gasteiger partial charge on any atom is -0.402 e. The van der Waals surface area contributed by atoms with Crippen LogP contribution in [-0.2, 0) is 10.3 Å². The van der Waals surface area contributed by atoms with Gasteiger partial charge in [-0.25, -0.2) is 0 Å². The van der Waals surface area contributed by atoms with Crippen molar-refractivity contribution in [3.05, 3.63) is 108 Å². The quantitative estimate of drug-likeness (QED) is 0.525. The molecule has 0 heterocycles. The van der Waals surface area contributed by atoms with Crippen LogP contribution in [0.5, 0.6) is 0 Å². The summed E-state index contributed by atoms with van der Waals surface area (Å²) in [5.74, 6) is -0.0831. The minimum absolute atomic E-state index is 0.0831. The molecule has 0 fully saturated rings. The summed E-state index contributed by atoms with van der Waals surface area (Å²) in [5.41, 5.74) is 1.90. The van der Waals surface area contributed by atoms with Crippen LogP contribution in [0.2, 0.25) is 0 Å². The Bertz CT molecular complexity index is 783. The van der Waals surface area contributed by atoms with E-state index in [1.54, 1.807) is 0 Å². The van der Waals surface area contributed by atoms with Gasteiger partial charge in [-0.1, -0.05) is 111 Å². The second-order valence-electron chi connectivity index (χ2n) is 7.02. The Balaban J connectivity index is 2.28. The minimum atomic E-state index is -1.90. The Morgan fingerprint density at radius 3 is 1.68 bits per heavy atom. The standard InChI is InChI=1S/C24H27BO3/c1-2-3-19-23(20-13-7-4-8-14-20)24(28-25(26)27,21-15-9-5-10-16-21)22-17-11-6-12-18-22/h4-18,23,26-27H,2-3,19H2,1H3. The van der Waals surface area contributed by atoms with Crippen molar-refractivity contribution >= 4 is 7.32 Å². The van der Waals surface area contributed by atoms with E-state index in [1.807, 2.05) is 78.9 Å². The molecule has 0 radical (unpaired) electrons. The van der Waals surface area contributed by atoms with Gasteiger partial charge in [-0.15, -0.1) is 0 Å². The first kappa shape index (κ1) is 20.3. The van der Waals surface area contributed by atoms with E-state index >= 15 is 0 Å². The van der Waals surface area contributed by atoms with Gasteiger partial charge in [0.25, 0.3) is 0 Å². The fraction of sp³-hybridized carbons (Fsp3) is 0.250. The van der Waals surface area contributed by atoms with Gasteiger partial charge in [-0.3, -0.25) is 0 Å². The summed E-state index contributed by atoms with van der Waals surface area (Å²) in [6.07, 6.45) is 2.91. The lowest BCUT2D eigenvalue weighted by atomic mass is 9.70. The highest BCUT2D eigenvalue weighted by atomic mass is 16.6. The topological polar surface area (TPSA) is 49.7 Å². The van der Waals surface area contributed by atoms with Crippen molar-refractivity contribution < 1.29 is 14.7 Å². The zero-order valence-electron chi connectivity index (χ0n) is 16.2.